The highest BCUT2D eigenvalue weighted by atomic mass is 16.5. The third-order valence-corrected chi connectivity index (χ3v) is 4.24. The molecule has 0 unspecified atom stereocenters. The number of carbonyl (C=O) groups excluding carboxylic acids is 1. The molecule has 1 saturated carbocycles. The lowest BCUT2D eigenvalue weighted by Crippen LogP contribution is -2.24. The second-order valence-corrected chi connectivity index (χ2v) is 5.79. The summed E-state index contributed by atoms with van der Waals surface area (Å²) in [7, 11) is 0. The van der Waals surface area contributed by atoms with E-state index in [0.717, 1.165) is 30.0 Å². The average molecular weight is 275 g/mol. The normalized spacial score (nSPS) is 22.4. The number of anilines is 1. The predicted octanol–water partition coefficient (Wildman–Crippen LogP) is 3.71. The Kier molecular flexibility index (Phi) is 5.45. The van der Waals surface area contributed by atoms with Crippen molar-refractivity contribution in [2.24, 2.45) is 5.92 Å². The van der Waals surface area contributed by atoms with Gasteiger partial charge >= 0.3 is 5.97 Å². The van der Waals surface area contributed by atoms with Gasteiger partial charge in [-0.25, -0.2) is 0 Å². The largest absolute Gasteiger partial charge is 0.462 e. The van der Waals surface area contributed by atoms with Gasteiger partial charge in [0.1, 0.15) is 6.10 Å². The van der Waals surface area contributed by atoms with Crippen LogP contribution in [0.5, 0.6) is 0 Å². The van der Waals surface area contributed by atoms with Gasteiger partial charge in [0.05, 0.1) is 0 Å². The Labute approximate surface area is 121 Å². The number of benzene rings is 1. The van der Waals surface area contributed by atoms with Crippen LogP contribution in [0.25, 0.3) is 0 Å². The molecule has 20 heavy (non-hydrogen) atoms. The Morgan fingerprint density at radius 2 is 2.05 bits per heavy atom. The summed E-state index contributed by atoms with van der Waals surface area (Å²) in [6, 6.07) is 7.69. The number of nitrogen functional groups attached to an aromatic ring is 1. The molecule has 3 heteroatoms. The number of esters is 1. The van der Waals surface area contributed by atoms with E-state index in [1.807, 2.05) is 24.3 Å². The quantitative estimate of drug-likeness (QED) is 0.658. The topological polar surface area (TPSA) is 52.3 Å². The van der Waals surface area contributed by atoms with E-state index < -0.39 is 0 Å². The summed E-state index contributed by atoms with van der Waals surface area (Å²) in [5.74, 6) is 0.754. The molecule has 2 rings (SSSR count). The molecular formula is C17H25NO2. The molecule has 2 N–H and O–H groups in total. The van der Waals surface area contributed by atoms with Gasteiger partial charge in [-0.15, -0.1) is 0 Å². The maximum Gasteiger partial charge on any atom is 0.306 e. The molecule has 1 fully saturated rings. The molecule has 0 heterocycles. The second kappa shape index (κ2) is 7.32. The highest BCUT2D eigenvalue weighted by Crippen LogP contribution is 2.28. The van der Waals surface area contributed by atoms with E-state index in [0.29, 0.717) is 12.8 Å². The molecule has 0 radical (unpaired) electrons. The minimum atomic E-state index is -0.0765. The maximum atomic E-state index is 11.9. The molecule has 0 spiro atoms. The number of rotatable bonds is 5. The number of carbonyl (C=O) groups is 1. The summed E-state index contributed by atoms with van der Waals surface area (Å²) < 4.78 is 5.57. The lowest BCUT2D eigenvalue weighted by molar-refractivity contribution is -0.150. The fourth-order valence-corrected chi connectivity index (χ4v) is 2.90. The summed E-state index contributed by atoms with van der Waals surface area (Å²) >= 11 is 0. The summed E-state index contributed by atoms with van der Waals surface area (Å²) in [6.45, 7) is 2.24. The summed E-state index contributed by atoms with van der Waals surface area (Å²) in [5.41, 5.74) is 7.56. The van der Waals surface area contributed by atoms with Crippen LogP contribution < -0.4 is 5.73 Å². The molecule has 0 atom stereocenters. The van der Waals surface area contributed by atoms with Gasteiger partial charge in [-0.1, -0.05) is 25.5 Å². The van der Waals surface area contributed by atoms with Crippen LogP contribution in [-0.2, 0) is 16.0 Å². The fourth-order valence-electron chi connectivity index (χ4n) is 2.90. The first-order valence-corrected chi connectivity index (χ1v) is 7.71. The molecule has 0 amide bonds. The van der Waals surface area contributed by atoms with Gasteiger partial charge in [-0.2, -0.15) is 0 Å². The zero-order valence-electron chi connectivity index (χ0n) is 12.3. The Balaban J connectivity index is 1.71. The van der Waals surface area contributed by atoms with Gasteiger partial charge < -0.3 is 10.5 Å². The van der Waals surface area contributed by atoms with E-state index in [1.54, 1.807) is 0 Å². The van der Waals surface area contributed by atoms with Crippen LogP contribution in [0.1, 0.15) is 51.0 Å². The Morgan fingerprint density at radius 1 is 1.30 bits per heavy atom. The van der Waals surface area contributed by atoms with Crippen molar-refractivity contribution in [3.8, 4) is 0 Å². The minimum Gasteiger partial charge on any atom is -0.462 e. The standard InChI is InChI=1S/C17H25NO2/c1-2-13-6-9-16(10-7-13)20-17(19)11-8-14-4-3-5-15(18)12-14/h3-5,12-13,16H,2,6-11,18H2,1H3. The minimum absolute atomic E-state index is 0.0765. The summed E-state index contributed by atoms with van der Waals surface area (Å²) in [6.07, 6.45) is 6.99. The van der Waals surface area contributed by atoms with E-state index in [2.05, 4.69) is 6.92 Å². The van der Waals surface area contributed by atoms with Crippen LogP contribution in [0, 0.1) is 5.92 Å². The van der Waals surface area contributed by atoms with E-state index in [9.17, 15) is 4.79 Å². The van der Waals surface area contributed by atoms with Gasteiger partial charge in [0.15, 0.2) is 0 Å². The SMILES string of the molecule is CCC1CCC(OC(=O)CCc2cccc(N)c2)CC1. The summed E-state index contributed by atoms with van der Waals surface area (Å²) in [4.78, 5) is 11.9. The highest BCUT2D eigenvalue weighted by Gasteiger charge is 2.22. The van der Waals surface area contributed by atoms with Gasteiger partial charge in [-0.3, -0.25) is 4.79 Å². The van der Waals surface area contributed by atoms with Crippen molar-refractivity contribution in [1.82, 2.24) is 0 Å². The number of nitrogens with two attached hydrogens (primary N) is 1. The van der Waals surface area contributed by atoms with Crippen LogP contribution >= 0.6 is 0 Å². The Bertz CT molecular complexity index is 436. The third-order valence-electron chi connectivity index (χ3n) is 4.24. The molecule has 110 valence electrons. The highest BCUT2D eigenvalue weighted by molar-refractivity contribution is 5.70. The molecule has 1 aromatic rings. The zero-order valence-corrected chi connectivity index (χ0v) is 12.3. The summed E-state index contributed by atoms with van der Waals surface area (Å²) in [5, 5.41) is 0. The Hall–Kier alpha value is -1.51. The lowest BCUT2D eigenvalue weighted by Gasteiger charge is -2.27. The van der Waals surface area contributed by atoms with Crippen molar-refractivity contribution in [3.05, 3.63) is 29.8 Å². The predicted molar refractivity (Wildman–Crippen MR) is 81.3 cm³/mol. The molecular weight excluding hydrogens is 250 g/mol. The maximum absolute atomic E-state index is 11.9. The van der Waals surface area contributed by atoms with E-state index >= 15 is 0 Å². The van der Waals surface area contributed by atoms with Crippen LogP contribution in [0.15, 0.2) is 24.3 Å². The van der Waals surface area contributed by atoms with Crippen LogP contribution in [0.4, 0.5) is 5.69 Å². The lowest BCUT2D eigenvalue weighted by atomic mass is 9.86. The zero-order chi connectivity index (χ0) is 14.4. The number of hydrogen-bond donors (Lipinski definition) is 1. The van der Waals surface area contributed by atoms with Crippen molar-refractivity contribution in [1.29, 1.82) is 0 Å². The Morgan fingerprint density at radius 3 is 2.70 bits per heavy atom. The molecule has 1 aliphatic carbocycles. The van der Waals surface area contributed by atoms with Crippen LogP contribution in [-0.4, -0.2) is 12.1 Å². The van der Waals surface area contributed by atoms with Crippen molar-refractivity contribution in [2.75, 3.05) is 5.73 Å². The van der Waals surface area contributed by atoms with Gasteiger partial charge in [0.25, 0.3) is 0 Å². The first kappa shape index (κ1) is 14.9. The molecule has 0 saturated heterocycles. The van der Waals surface area contributed by atoms with Crippen molar-refractivity contribution < 1.29 is 9.53 Å². The van der Waals surface area contributed by atoms with E-state index in [1.165, 1.54) is 19.3 Å². The first-order chi connectivity index (χ1) is 9.67. The molecule has 0 aliphatic heterocycles. The van der Waals surface area contributed by atoms with Crippen molar-refractivity contribution in [2.45, 2.75) is 58.0 Å². The number of aryl methyl sites for hydroxylation is 1. The molecule has 1 aliphatic rings. The van der Waals surface area contributed by atoms with Gasteiger partial charge in [0, 0.05) is 12.1 Å². The van der Waals surface area contributed by atoms with Crippen LogP contribution in [0.2, 0.25) is 0 Å². The molecule has 0 bridgehead atoms. The van der Waals surface area contributed by atoms with E-state index in [4.69, 9.17) is 10.5 Å². The number of hydrogen-bond acceptors (Lipinski definition) is 3. The smallest absolute Gasteiger partial charge is 0.306 e. The monoisotopic (exact) mass is 275 g/mol. The van der Waals surface area contributed by atoms with Gasteiger partial charge in [-0.05, 0) is 55.7 Å². The average Bonchev–Trinajstić information content (AvgIpc) is 2.46. The van der Waals surface area contributed by atoms with Crippen molar-refractivity contribution >= 4 is 11.7 Å². The fraction of sp³-hybridized carbons (Fsp3) is 0.588. The van der Waals surface area contributed by atoms with E-state index in [-0.39, 0.29) is 12.1 Å². The number of ether oxygens (including phenoxy) is 1. The first-order valence-electron chi connectivity index (χ1n) is 7.71. The van der Waals surface area contributed by atoms with Gasteiger partial charge in [0.2, 0.25) is 0 Å². The third kappa shape index (κ3) is 4.55. The second-order valence-electron chi connectivity index (χ2n) is 5.79. The molecule has 1 aromatic carbocycles. The molecule has 3 nitrogen and oxygen atoms in total. The van der Waals surface area contributed by atoms with Crippen molar-refractivity contribution in [3.63, 3.8) is 0 Å². The van der Waals surface area contributed by atoms with Crippen LogP contribution in [0.3, 0.4) is 0 Å². The molecule has 0 aromatic heterocycles.